The van der Waals surface area contributed by atoms with Gasteiger partial charge in [-0.25, -0.2) is 0 Å². The molecule has 0 aromatic heterocycles. The van der Waals surface area contributed by atoms with E-state index in [1.807, 2.05) is 24.3 Å². The second-order valence-electron chi connectivity index (χ2n) is 4.00. The molecule has 2 rings (SSSR count). The molecule has 3 nitrogen and oxygen atoms in total. The number of hydrogen-bond acceptors (Lipinski definition) is 2. The van der Waals surface area contributed by atoms with Crippen LogP contribution in [0.3, 0.4) is 0 Å². The average molecular weight is 284 g/mol. The molecule has 0 bridgehead atoms. The lowest BCUT2D eigenvalue weighted by molar-refractivity contribution is 0.0546. The molecule has 1 fully saturated rings. The first kappa shape index (κ1) is 11.6. The van der Waals surface area contributed by atoms with E-state index in [0.717, 1.165) is 4.47 Å². The van der Waals surface area contributed by atoms with Gasteiger partial charge in [0.2, 0.25) is 0 Å². The Morgan fingerprint density at radius 3 is 2.56 bits per heavy atom. The number of benzene rings is 1. The van der Waals surface area contributed by atoms with E-state index in [2.05, 4.69) is 15.9 Å². The van der Waals surface area contributed by atoms with Crippen LogP contribution in [0.1, 0.15) is 23.2 Å². The lowest BCUT2D eigenvalue weighted by Crippen LogP contribution is -2.40. The Balaban J connectivity index is 2.11. The highest BCUT2D eigenvalue weighted by Crippen LogP contribution is 2.20. The molecule has 0 unspecified atom stereocenters. The molecular weight excluding hydrogens is 270 g/mol. The maximum absolute atomic E-state index is 12.1. The number of aliphatic hydroxyl groups excluding tert-OH is 1. The van der Waals surface area contributed by atoms with Gasteiger partial charge in [-0.2, -0.15) is 0 Å². The normalized spacial score (nSPS) is 17.5. The molecular formula is C12H14BrNO2. The molecule has 86 valence electrons. The van der Waals surface area contributed by atoms with Gasteiger partial charge in [-0.1, -0.05) is 12.1 Å². The van der Waals surface area contributed by atoms with E-state index in [4.69, 9.17) is 0 Å². The molecule has 1 N–H and O–H groups in total. The maximum atomic E-state index is 12.1. The van der Waals surface area contributed by atoms with Crippen LogP contribution >= 0.6 is 15.9 Å². The number of hydrogen-bond donors (Lipinski definition) is 1. The van der Waals surface area contributed by atoms with Gasteiger partial charge in [0.25, 0.3) is 5.91 Å². The lowest BCUT2D eigenvalue weighted by Gasteiger charge is -2.29. The minimum absolute atomic E-state index is 0.0411. The average Bonchev–Trinajstić information content (AvgIpc) is 2.30. The van der Waals surface area contributed by atoms with Crippen molar-refractivity contribution in [1.82, 2.24) is 4.90 Å². The fourth-order valence-electron chi connectivity index (χ4n) is 1.87. The van der Waals surface area contributed by atoms with Gasteiger partial charge in [0.1, 0.15) is 0 Å². The molecule has 1 amide bonds. The number of rotatable bonds is 1. The number of aliphatic hydroxyl groups is 1. The van der Waals surface area contributed by atoms with Crippen molar-refractivity contribution in [2.75, 3.05) is 13.1 Å². The second kappa shape index (κ2) is 4.97. The monoisotopic (exact) mass is 283 g/mol. The number of likely N-dealkylation sites (tertiary alicyclic amines) is 1. The Hall–Kier alpha value is -0.870. The van der Waals surface area contributed by atoms with Crippen LogP contribution in [-0.2, 0) is 0 Å². The predicted molar refractivity (Wildman–Crippen MR) is 65.3 cm³/mol. The Morgan fingerprint density at radius 2 is 1.94 bits per heavy atom. The van der Waals surface area contributed by atoms with E-state index < -0.39 is 0 Å². The van der Waals surface area contributed by atoms with Crippen LogP contribution in [0, 0.1) is 0 Å². The highest BCUT2D eigenvalue weighted by molar-refractivity contribution is 9.10. The lowest BCUT2D eigenvalue weighted by atomic mass is 10.1. The third-order valence-corrected chi connectivity index (χ3v) is 3.55. The molecule has 0 spiro atoms. The minimum Gasteiger partial charge on any atom is -0.393 e. The van der Waals surface area contributed by atoms with Crippen LogP contribution in [0.25, 0.3) is 0 Å². The Morgan fingerprint density at radius 1 is 1.31 bits per heavy atom. The van der Waals surface area contributed by atoms with Crippen LogP contribution in [0.2, 0.25) is 0 Å². The molecule has 16 heavy (non-hydrogen) atoms. The van der Waals surface area contributed by atoms with Crippen LogP contribution in [0.5, 0.6) is 0 Å². The van der Waals surface area contributed by atoms with E-state index in [-0.39, 0.29) is 12.0 Å². The van der Waals surface area contributed by atoms with Crippen molar-refractivity contribution >= 4 is 21.8 Å². The molecule has 1 saturated heterocycles. The van der Waals surface area contributed by atoms with Crippen molar-refractivity contribution in [2.45, 2.75) is 18.9 Å². The summed E-state index contributed by atoms with van der Waals surface area (Å²) in [6.07, 6.45) is 1.11. The van der Waals surface area contributed by atoms with Gasteiger partial charge >= 0.3 is 0 Å². The molecule has 0 radical (unpaired) electrons. The zero-order valence-electron chi connectivity index (χ0n) is 8.90. The van der Waals surface area contributed by atoms with E-state index in [1.165, 1.54) is 0 Å². The van der Waals surface area contributed by atoms with Crippen LogP contribution in [0.4, 0.5) is 0 Å². The standard InChI is InChI=1S/C12H14BrNO2/c13-11-4-2-1-3-10(11)12(16)14-7-5-9(15)6-8-14/h1-4,9,15H,5-8H2. The maximum Gasteiger partial charge on any atom is 0.255 e. The molecule has 1 aliphatic rings. The van der Waals surface area contributed by atoms with E-state index in [0.29, 0.717) is 31.5 Å². The second-order valence-corrected chi connectivity index (χ2v) is 4.86. The summed E-state index contributed by atoms with van der Waals surface area (Å²) in [6, 6.07) is 7.43. The highest BCUT2D eigenvalue weighted by atomic mass is 79.9. The molecule has 1 aliphatic heterocycles. The van der Waals surface area contributed by atoms with Crippen molar-refractivity contribution in [1.29, 1.82) is 0 Å². The third kappa shape index (κ3) is 2.44. The molecule has 4 heteroatoms. The van der Waals surface area contributed by atoms with Gasteiger partial charge in [-0.3, -0.25) is 4.79 Å². The van der Waals surface area contributed by atoms with E-state index >= 15 is 0 Å². The number of halogens is 1. The van der Waals surface area contributed by atoms with Gasteiger partial charge in [-0.05, 0) is 40.9 Å². The van der Waals surface area contributed by atoms with Crippen LogP contribution < -0.4 is 0 Å². The van der Waals surface area contributed by atoms with Crippen LogP contribution in [-0.4, -0.2) is 35.1 Å². The first-order chi connectivity index (χ1) is 7.68. The summed E-state index contributed by atoms with van der Waals surface area (Å²) < 4.78 is 0.825. The van der Waals surface area contributed by atoms with Gasteiger partial charge < -0.3 is 10.0 Å². The SMILES string of the molecule is O=C(c1ccccc1Br)N1CCC(O)CC1. The summed E-state index contributed by atoms with van der Waals surface area (Å²) >= 11 is 3.38. The number of amides is 1. The molecule has 0 aliphatic carbocycles. The van der Waals surface area contributed by atoms with Crippen molar-refractivity contribution in [3.8, 4) is 0 Å². The number of piperidine rings is 1. The predicted octanol–water partition coefficient (Wildman–Crippen LogP) is 2.05. The van der Waals surface area contributed by atoms with Crippen LogP contribution in [0.15, 0.2) is 28.7 Å². The van der Waals surface area contributed by atoms with E-state index in [9.17, 15) is 9.90 Å². The molecule has 0 atom stereocenters. The largest absolute Gasteiger partial charge is 0.393 e. The zero-order valence-corrected chi connectivity index (χ0v) is 10.5. The Labute approximate surface area is 103 Å². The summed E-state index contributed by atoms with van der Waals surface area (Å²) in [4.78, 5) is 13.9. The number of carbonyl (C=O) groups is 1. The summed E-state index contributed by atoms with van der Waals surface area (Å²) in [5.74, 6) is 0.0411. The molecule has 1 aromatic rings. The number of carbonyl (C=O) groups excluding carboxylic acids is 1. The summed E-state index contributed by atoms with van der Waals surface area (Å²) in [5.41, 5.74) is 0.693. The highest BCUT2D eigenvalue weighted by Gasteiger charge is 2.23. The fourth-order valence-corrected chi connectivity index (χ4v) is 2.33. The fraction of sp³-hybridized carbons (Fsp3) is 0.417. The first-order valence-electron chi connectivity index (χ1n) is 5.40. The van der Waals surface area contributed by atoms with Crippen molar-refractivity contribution in [3.05, 3.63) is 34.3 Å². The van der Waals surface area contributed by atoms with Gasteiger partial charge in [0.15, 0.2) is 0 Å². The van der Waals surface area contributed by atoms with Crippen molar-refractivity contribution in [2.24, 2.45) is 0 Å². The zero-order chi connectivity index (χ0) is 11.5. The summed E-state index contributed by atoms with van der Waals surface area (Å²) in [6.45, 7) is 1.28. The quantitative estimate of drug-likeness (QED) is 0.857. The van der Waals surface area contributed by atoms with Crippen molar-refractivity contribution < 1.29 is 9.90 Å². The first-order valence-corrected chi connectivity index (χ1v) is 6.19. The molecule has 1 aromatic carbocycles. The minimum atomic E-state index is -0.247. The van der Waals surface area contributed by atoms with Gasteiger partial charge in [0.05, 0.1) is 11.7 Å². The smallest absolute Gasteiger partial charge is 0.255 e. The topological polar surface area (TPSA) is 40.5 Å². The van der Waals surface area contributed by atoms with Gasteiger partial charge in [-0.15, -0.1) is 0 Å². The molecule has 0 saturated carbocycles. The van der Waals surface area contributed by atoms with Crippen molar-refractivity contribution in [3.63, 3.8) is 0 Å². The summed E-state index contributed by atoms with van der Waals surface area (Å²) in [5, 5.41) is 9.39. The third-order valence-electron chi connectivity index (χ3n) is 2.86. The summed E-state index contributed by atoms with van der Waals surface area (Å²) in [7, 11) is 0. The number of nitrogens with zero attached hydrogens (tertiary/aromatic N) is 1. The Kier molecular flexibility index (Phi) is 3.61. The molecule has 1 heterocycles. The van der Waals surface area contributed by atoms with Gasteiger partial charge in [0, 0.05) is 17.6 Å². The van der Waals surface area contributed by atoms with E-state index in [1.54, 1.807) is 4.90 Å². The Bertz CT molecular complexity index is 386.